The number of carbonyl (C=O) groups is 1. The molecule has 4 heteroatoms. The van der Waals surface area contributed by atoms with Crippen LogP contribution in [-0.2, 0) is 4.79 Å². The SMILES string of the molecule is CC(C)=CCN.CC(O)C(=O)O. The third kappa shape index (κ3) is 16.1. The number of aliphatic hydroxyl groups excluding tert-OH is 1. The molecule has 0 aliphatic carbocycles. The van der Waals surface area contributed by atoms with E-state index in [0.29, 0.717) is 6.54 Å². The third-order valence-corrected chi connectivity index (χ3v) is 0.883. The van der Waals surface area contributed by atoms with Gasteiger partial charge in [-0.3, -0.25) is 0 Å². The standard InChI is InChI=1S/C5H11N.C3H6O3/c1-5(2)3-4-6;1-2(4)3(5)6/h3H,4,6H2,1-2H3;2,4H,1H3,(H,5,6). The van der Waals surface area contributed by atoms with Crippen molar-refractivity contribution in [2.75, 3.05) is 6.54 Å². The molecule has 1 unspecified atom stereocenters. The number of nitrogens with two attached hydrogens (primary N) is 1. The summed E-state index contributed by atoms with van der Waals surface area (Å²) in [6.07, 6.45) is 0.755. The summed E-state index contributed by atoms with van der Waals surface area (Å²) in [5, 5.41) is 15.8. The maximum atomic E-state index is 9.45. The van der Waals surface area contributed by atoms with E-state index in [2.05, 4.69) is 0 Å². The van der Waals surface area contributed by atoms with Crippen LogP contribution in [0.5, 0.6) is 0 Å². The maximum Gasteiger partial charge on any atom is 0.332 e. The number of aliphatic carboxylic acids is 1. The molecule has 0 amide bonds. The second kappa shape index (κ2) is 8.23. The van der Waals surface area contributed by atoms with E-state index in [1.165, 1.54) is 12.5 Å². The maximum absolute atomic E-state index is 9.45. The van der Waals surface area contributed by atoms with Crippen LogP contribution < -0.4 is 5.73 Å². The predicted octanol–water partition coefficient (Wildman–Crippen LogP) is 0.363. The Balaban J connectivity index is 0. The molecule has 72 valence electrons. The van der Waals surface area contributed by atoms with Gasteiger partial charge in [-0.25, -0.2) is 4.79 Å². The highest BCUT2D eigenvalue weighted by Crippen LogP contribution is 1.82. The van der Waals surface area contributed by atoms with Gasteiger partial charge < -0.3 is 15.9 Å². The van der Waals surface area contributed by atoms with Crippen LogP contribution in [0.4, 0.5) is 0 Å². The zero-order chi connectivity index (χ0) is 10.1. The van der Waals surface area contributed by atoms with Crippen LogP contribution in [0.3, 0.4) is 0 Å². The number of carboxylic acids is 1. The van der Waals surface area contributed by atoms with Gasteiger partial charge in [-0.2, -0.15) is 0 Å². The molecule has 0 aromatic rings. The highest BCUT2D eigenvalue weighted by molar-refractivity contribution is 5.71. The molecule has 0 bridgehead atoms. The van der Waals surface area contributed by atoms with Crippen molar-refractivity contribution in [3.05, 3.63) is 11.6 Å². The highest BCUT2D eigenvalue weighted by atomic mass is 16.4. The first-order chi connectivity index (χ1) is 5.41. The Morgan fingerprint density at radius 2 is 1.92 bits per heavy atom. The van der Waals surface area contributed by atoms with Crippen LogP contribution in [0, 0.1) is 0 Å². The fraction of sp³-hybridized carbons (Fsp3) is 0.625. The molecule has 0 radical (unpaired) electrons. The normalized spacial score (nSPS) is 10.8. The van der Waals surface area contributed by atoms with E-state index >= 15 is 0 Å². The lowest BCUT2D eigenvalue weighted by molar-refractivity contribution is -0.145. The van der Waals surface area contributed by atoms with E-state index in [4.69, 9.17) is 15.9 Å². The van der Waals surface area contributed by atoms with Crippen molar-refractivity contribution < 1.29 is 15.0 Å². The summed E-state index contributed by atoms with van der Waals surface area (Å²) in [4.78, 5) is 9.45. The zero-order valence-electron chi connectivity index (χ0n) is 7.74. The van der Waals surface area contributed by atoms with Gasteiger partial charge in [0.05, 0.1) is 0 Å². The van der Waals surface area contributed by atoms with Crippen molar-refractivity contribution in [3.8, 4) is 0 Å². The van der Waals surface area contributed by atoms with E-state index in [0.717, 1.165) is 0 Å². The molecule has 0 aromatic heterocycles. The summed E-state index contributed by atoms with van der Waals surface area (Å²) in [6.45, 7) is 5.93. The fourth-order valence-corrected chi connectivity index (χ4v) is 0.236. The van der Waals surface area contributed by atoms with Crippen LogP contribution in [0.25, 0.3) is 0 Å². The molecule has 0 aromatic carbocycles. The van der Waals surface area contributed by atoms with Crippen LogP contribution in [0.1, 0.15) is 20.8 Å². The van der Waals surface area contributed by atoms with E-state index in [1.54, 1.807) is 0 Å². The Morgan fingerprint density at radius 3 is 1.92 bits per heavy atom. The topological polar surface area (TPSA) is 83.5 Å². The van der Waals surface area contributed by atoms with Gasteiger partial charge in [0.25, 0.3) is 0 Å². The Hall–Kier alpha value is -0.870. The Morgan fingerprint density at radius 1 is 1.58 bits per heavy atom. The largest absolute Gasteiger partial charge is 0.479 e. The molecular weight excluding hydrogens is 158 g/mol. The van der Waals surface area contributed by atoms with Gasteiger partial charge in [0, 0.05) is 6.54 Å². The van der Waals surface area contributed by atoms with E-state index in [9.17, 15) is 4.79 Å². The molecule has 0 aliphatic rings. The average molecular weight is 175 g/mol. The van der Waals surface area contributed by atoms with Gasteiger partial charge in [0.2, 0.25) is 0 Å². The molecule has 4 N–H and O–H groups in total. The second-order valence-corrected chi connectivity index (χ2v) is 2.53. The molecule has 0 saturated carbocycles. The first-order valence-corrected chi connectivity index (χ1v) is 3.66. The van der Waals surface area contributed by atoms with Gasteiger partial charge in [-0.15, -0.1) is 0 Å². The van der Waals surface area contributed by atoms with Crippen molar-refractivity contribution in [2.24, 2.45) is 5.73 Å². The minimum atomic E-state index is -1.23. The summed E-state index contributed by atoms with van der Waals surface area (Å²) >= 11 is 0. The second-order valence-electron chi connectivity index (χ2n) is 2.53. The first-order valence-electron chi connectivity index (χ1n) is 3.66. The molecule has 0 aliphatic heterocycles. The Kier molecular flexibility index (Phi) is 9.40. The van der Waals surface area contributed by atoms with E-state index in [1.807, 2.05) is 19.9 Å². The molecule has 0 saturated heterocycles. The summed E-state index contributed by atoms with van der Waals surface area (Å²) in [5.41, 5.74) is 6.44. The number of hydrogen-bond donors (Lipinski definition) is 3. The minimum absolute atomic E-state index is 0.669. The Labute approximate surface area is 72.7 Å². The monoisotopic (exact) mass is 175 g/mol. The zero-order valence-corrected chi connectivity index (χ0v) is 7.74. The number of hydrogen-bond acceptors (Lipinski definition) is 3. The van der Waals surface area contributed by atoms with Gasteiger partial charge in [-0.05, 0) is 20.8 Å². The van der Waals surface area contributed by atoms with E-state index < -0.39 is 12.1 Å². The first kappa shape index (κ1) is 13.7. The van der Waals surface area contributed by atoms with Gasteiger partial charge in [0.1, 0.15) is 6.10 Å². The van der Waals surface area contributed by atoms with Crippen molar-refractivity contribution in [1.82, 2.24) is 0 Å². The average Bonchev–Trinajstić information content (AvgIpc) is 1.87. The van der Waals surface area contributed by atoms with Crippen LogP contribution in [-0.4, -0.2) is 28.8 Å². The molecule has 4 nitrogen and oxygen atoms in total. The summed E-state index contributed by atoms with van der Waals surface area (Å²) < 4.78 is 0. The number of aliphatic hydroxyl groups is 1. The molecular formula is C8H17NO3. The lowest BCUT2D eigenvalue weighted by atomic mass is 10.3. The smallest absolute Gasteiger partial charge is 0.332 e. The Bertz CT molecular complexity index is 148. The van der Waals surface area contributed by atoms with Gasteiger partial charge in [0.15, 0.2) is 0 Å². The predicted molar refractivity (Wildman–Crippen MR) is 47.8 cm³/mol. The molecule has 1 atom stereocenters. The number of carboxylic acid groups (broad SMARTS) is 1. The molecule has 0 rings (SSSR count). The van der Waals surface area contributed by atoms with Crippen LogP contribution >= 0.6 is 0 Å². The van der Waals surface area contributed by atoms with Crippen molar-refractivity contribution in [1.29, 1.82) is 0 Å². The van der Waals surface area contributed by atoms with Crippen LogP contribution in [0.2, 0.25) is 0 Å². The highest BCUT2D eigenvalue weighted by Gasteiger charge is 2.01. The number of allylic oxidation sites excluding steroid dienone is 1. The fourth-order valence-electron chi connectivity index (χ4n) is 0.236. The van der Waals surface area contributed by atoms with Gasteiger partial charge >= 0.3 is 5.97 Å². The summed E-state index contributed by atoms with van der Waals surface area (Å²) in [5.74, 6) is -1.19. The third-order valence-electron chi connectivity index (χ3n) is 0.883. The molecule has 0 fully saturated rings. The van der Waals surface area contributed by atoms with Gasteiger partial charge in [-0.1, -0.05) is 11.6 Å². The molecule has 0 heterocycles. The van der Waals surface area contributed by atoms with Crippen molar-refractivity contribution >= 4 is 5.97 Å². The summed E-state index contributed by atoms with van der Waals surface area (Å²) in [6, 6.07) is 0. The lowest BCUT2D eigenvalue weighted by Gasteiger charge is -1.89. The number of rotatable bonds is 2. The van der Waals surface area contributed by atoms with E-state index in [-0.39, 0.29) is 0 Å². The quantitative estimate of drug-likeness (QED) is 0.529. The van der Waals surface area contributed by atoms with Crippen molar-refractivity contribution in [3.63, 3.8) is 0 Å². The molecule has 0 spiro atoms. The van der Waals surface area contributed by atoms with Crippen LogP contribution in [0.15, 0.2) is 11.6 Å². The van der Waals surface area contributed by atoms with Crippen molar-refractivity contribution in [2.45, 2.75) is 26.9 Å². The lowest BCUT2D eigenvalue weighted by Crippen LogP contribution is -2.13. The molecule has 12 heavy (non-hydrogen) atoms. The minimum Gasteiger partial charge on any atom is -0.479 e. The summed E-state index contributed by atoms with van der Waals surface area (Å²) in [7, 11) is 0.